The third kappa shape index (κ3) is 6.63. The Morgan fingerprint density at radius 2 is 0.829 bits per heavy atom. The predicted octanol–water partition coefficient (Wildman–Crippen LogP) is 8.25. The van der Waals surface area contributed by atoms with Crippen LogP contribution in [0.1, 0.15) is 23.2 Å². The van der Waals surface area contributed by atoms with Gasteiger partial charge in [-0.3, -0.25) is 0 Å². The number of halogens is 4. The van der Waals surface area contributed by atoms with Crippen LogP contribution in [0.25, 0.3) is 10.6 Å². The number of benzene rings is 4. The van der Waals surface area contributed by atoms with Crippen molar-refractivity contribution in [2.24, 2.45) is 0 Å². The molecule has 0 aliphatic carbocycles. The topological polar surface area (TPSA) is 28.2 Å². The van der Waals surface area contributed by atoms with Gasteiger partial charge in [-0.15, -0.1) is 12.1 Å². The number of hydrogen-bond acceptors (Lipinski definition) is 2. The largest absolute Gasteiger partial charge is 0.781 e. The molecule has 2 nitrogen and oxygen atoms in total. The first kappa shape index (κ1) is 26.7. The molecule has 0 radical (unpaired) electrons. The third-order valence-corrected chi connectivity index (χ3v) is 5.73. The van der Waals surface area contributed by atoms with Crippen LogP contribution in [0.3, 0.4) is 0 Å². The number of hydrogen-bond donors (Lipinski definition) is 0. The molecule has 0 saturated carbocycles. The van der Waals surface area contributed by atoms with Crippen molar-refractivity contribution in [3.8, 4) is 0 Å². The quantitative estimate of drug-likeness (QED) is 0.131. The summed E-state index contributed by atoms with van der Waals surface area (Å²) in [7, 11) is 0. The Hall–Kier alpha value is -2.87. The fraction of sp³-hybridized carbons (Fsp3) is 0.0769. The van der Waals surface area contributed by atoms with Gasteiger partial charge in [0.15, 0.2) is 0 Å². The van der Waals surface area contributed by atoms with Crippen LogP contribution in [-0.4, -0.2) is 0 Å². The van der Waals surface area contributed by atoms with Gasteiger partial charge in [-0.2, -0.15) is 21.2 Å². The summed E-state index contributed by atoms with van der Waals surface area (Å²) in [5, 5.41) is 9.32. The van der Waals surface area contributed by atoms with E-state index in [0.717, 1.165) is 36.4 Å². The van der Waals surface area contributed by atoms with E-state index in [4.69, 9.17) is 25.3 Å². The first-order valence-corrected chi connectivity index (χ1v) is 11.0. The van der Waals surface area contributed by atoms with Gasteiger partial charge in [-0.1, -0.05) is 59.7 Å². The zero-order chi connectivity index (χ0) is 24.2. The van der Waals surface area contributed by atoms with Crippen molar-refractivity contribution in [2.45, 2.75) is 21.9 Å². The molecule has 35 heavy (non-hydrogen) atoms. The average molecular weight is 555 g/mol. The zero-order valence-corrected chi connectivity index (χ0v) is 20.4. The summed E-state index contributed by atoms with van der Waals surface area (Å²) in [6.07, 6.45) is 0. The molecule has 4 rings (SSSR count). The number of rotatable bonds is 7. The maximum Gasteiger partial charge on any atom is 0.126 e. The van der Waals surface area contributed by atoms with Gasteiger partial charge in [-0.25, -0.2) is 17.6 Å². The standard InChI is InChI=1S/C26H18F4N2S2.Ni/c27-17-9-15(10-18(28)13-17)25(31-21-5-1-3-7-23(21)33)26(16-11-19(29)14-20(30)12-16)32-22-6-2-4-8-24(22)34;/h1-14,25-26,33-34H;/q-2;/p-2. The van der Waals surface area contributed by atoms with Crippen LogP contribution < -0.4 is 0 Å². The number of nitrogens with zero attached hydrogens (tertiary/aromatic N) is 2. The van der Waals surface area contributed by atoms with Crippen LogP contribution >= 0.6 is 0 Å². The molecule has 2 atom stereocenters. The van der Waals surface area contributed by atoms with E-state index in [0.29, 0.717) is 21.2 Å². The molecule has 0 amide bonds. The van der Waals surface area contributed by atoms with Gasteiger partial charge < -0.3 is 35.9 Å². The molecular weight excluding hydrogens is 539 g/mol. The summed E-state index contributed by atoms with van der Waals surface area (Å²) in [5.41, 5.74) is 0.985. The molecule has 0 fully saturated rings. The van der Waals surface area contributed by atoms with Gasteiger partial charge in [0.1, 0.15) is 23.3 Å². The third-order valence-electron chi connectivity index (χ3n) is 5.04. The molecule has 0 heterocycles. The van der Waals surface area contributed by atoms with Gasteiger partial charge in [0, 0.05) is 28.6 Å². The van der Waals surface area contributed by atoms with Crippen LogP contribution in [-0.2, 0) is 41.7 Å². The SMILES string of the molecule is Fc1cc(F)cc(C([N-]c2ccccc2[S-])C([N-]c2ccccc2[S-])c2cc(F)cc(F)c2)c1.[Ni]. The Balaban J connectivity index is 0.00000342. The minimum atomic E-state index is -1.08. The Morgan fingerprint density at radius 1 is 0.514 bits per heavy atom. The molecule has 0 bridgehead atoms. The Labute approximate surface area is 221 Å². The van der Waals surface area contributed by atoms with E-state index < -0.39 is 35.4 Å². The fourth-order valence-corrected chi connectivity index (χ4v) is 3.97. The van der Waals surface area contributed by atoms with E-state index in [1.165, 1.54) is 0 Å². The summed E-state index contributed by atoms with van der Waals surface area (Å²) in [4.78, 5) is 0.800. The molecule has 0 aliphatic heterocycles. The van der Waals surface area contributed by atoms with Crippen molar-refractivity contribution in [2.75, 3.05) is 0 Å². The van der Waals surface area contributed by atoms with Crippen molar-refractivity contribution in [1.82, 2.24) is 0 Å². The van der Waals surface area contributed by atoms with E-state index in [9.17, 15) is 17.6 Å². The minimum absolute atomic E-state index is 0. The maximum atomic E-state index is 14.2. The van der Waals surface area contributed by atoms with E-state index >= 15 is 0 Å². The molecule has 184 valence electrons. The van der Waals surface area contributed by atoms with Gasteiger partial charge in [0.25, 0.3) is 0 Å². The van der Waals surface area contributed by atoms with Crippen LogP contribution in [0.15, 0.2) is 94.7 Å². The smallest absolute Gasteiger partial charge is 0.126 e. The van der Waals surface area contributed by atoms with E-state index in [1.807, 2.05) is 0 Å². The summed E-state index contributed by atoms with van der Waals surface area (Å²) < 4.78 is 56.9. The van der Waals surface area contributed by atoms with E-state index in [1.54, 1.807) is 48.5 Å². The van der Waals surface area contributed by atoms with E-state index in [2.05, 4.69) is 10.6 Å². The molecule has 4 aromatic rings. The van der Waals surface area contributed by atoms with Crippen molar-refractivity contribution < 1.29 is 34.1 Å². The van der Waals surface area contributed by atoms with Crippen LogP contribution in [0.5, 0.6) is 0 Å². The van der Waals surface area contributed by atoms with Crippen molar-refractivity contribution >= 4 is 36.6 Å². The monoisotopic (exact) mass is 554 g/mol. The fourth-order valence-electron chi connectivity index (χ4n) is 3.57. The Kier molecular flexibility index (Phi) is 8.94. The molecule has 0 aliphatic rings. The second kappa shape index (κ2) is 11.7. The van der Waals surface area contributed by atoms with Crippen LogP contribution in [0.4, 0.5) is 28.9 Å². The zero-order valence-electron chi connectivity index (χ0n) is 17.8. The maximum absolute atomic E-state index is 14.2. The summed E-state index contributed by atoms with van der Waals surface area (Å²) in [6, 6.07) is 17.2. The molecular formula is C26H16F4N2NiS2-4. The van der Waals surface area contributed by atoms with Crippen molar-refractivity contribution in [1.29, 1.82) is 0 Å². The minimum Gasteiger partial charge on any atom is -0.781 e. The summed E-state index contributed by atoms with van der Waals surface area (Å²) in [6.45, 7) is 0. The number of para-hydroxylation sites is 2. The van der Waals surface area contributed by atoms with Gasteiger partial charge >= 0.3 is 0 Å². The van der Waals surface area contributed by atoms with Crippen LogP contribution in [0, 0.1) is 23.3 Å². The Bertz CT molecular complexity index is 1180. The van der Waals surface area contributed by atoms with Crippen molar-refractivity contribution in [3.63, 3.8) is 0 Å². The molecule has 0 saturated heterocycles. The second-order valence-electron chi connectivity index (χ2n) is 7.49. The molecule has 0 spiro atoms. The molecule has 2 unspecified atom stereocenters. The first-order valence-electron chi connectivity index (χ1n) is 10.2. The first-order chi connectivity index (χ1) is 16.3. The predicted molar refractivity (Wildman–Crippen MR) is 128 cm³/mol. The van der Waals surface area contributed by atoms with Crippen LogP contribution in [0.2, 0.25) is 0 Å². The average Bonchev–Trinajstić information content (AvgIpc) is 2.77. The van der Waals surface area contributed by atoms with Gasteiger partial charge in [0.05, 0.1) is 0 Å². The molecule has 0 aromatic heterocycles. The molecule has 4 aromatic carbocycles. The second-order valence-corrected chi connectivity index (χ2v) is 8.37. The summed E-state index contributed by atoms with van der Waals surface area (Å²) in [5.74, 6) is -3.30. The van der Waals surface area contributed by atoms with E-state index in [-0.39, 0.29) is 27.6 Å². The summed E-state index contributed by atoms with van der Waals surface area (Å²) >= 11 is 10.7. The Morgan fingerprint density at radius 3 is 1.14 bits per heavy atom. The van der Waals surface area contributed by atoms with Crippen molar-refractivity contribution in [3.05, 3.63) is 130 Å². The normalized spacial score (nSPS) is 12.3. The molecule has 0 N–H and O–H groups in total. The van der Waals surface area contributed by atoms with Gasteiger partial charge in [-0.05, 0) is 24.3 Å². The molecule has 9 heteroatoms. The van der Waals surface area contributed by atoms with Gasteiger partial charge in [0.2, 0.25) is 0 Å².